The van der Waals surface area contributed by atoms with Crippen molar-refractivity contribution < 1.29 is 9.53 Å². The van der Waals surface area contributed by atoms with Gasteiger partial charge in [0.25, 0.3) is 5.91 Å². The van der Waals surface area contributed by atoms with Gasteiger partial charge in [0.15, 0.2) is 0 Å². The molecular weight excluding hydrogens is 230 g/mol. The minimum Gasteiger partial charge on any atom is -0.382 e. The van der Waals surface area contributed by atoms with E-state index < -0.39 is 5.54 Å². The van der Waals surface area contributed by atoms with Crippen LogP contribution in [-0.2, 0) is 4.74 Å². The fraction of sp³-hybridized carbons (Fsp3) is 0.538. The van der Waals surface area contributed by atoms with Crippen LogP contribution in [0.25, 0.3) is 0 Å². The zero-order valence-corrected chi connectivity index (χ0v) is 11.4. The lowest BCUT2D eigenvalue weighted by Gasteiger charge is -2.25. The van der Waals surface area contributed by atoms with Gasteiger partial charge in [-0.05, 0) is 32.9 Å². The van der Waals surface area contributed by atoms with Gasteiger partial charge in [0, 0.05) is 25.4 Å². The van der Waals surface area contributed by atoms with E-state index in [9.17, 15) is 4.79 Å². The highest BCUT2D eigenvalue weighted by molar-refractivity contribution is 5.95. The highest BCUT2D eigenvalue weighted by Gasteiger charge is 2.21. The molecule has 0 radical (unpaired) electrons. The van der Waals surface area contributed by atoms with Gasteiger partial charge in [-0.15, -0.1) is 0 Å². The van der Waals surface area contributed by atoms with Gasteiger partial charge in [-0.2, -0.15) is 0 Å². The Hall–Kier alpha value is -1.62. The monoisotopic (exact) mass is 251 g/mol. The fourth-order valence-electron chi connectivity index (χ4n) is 1.63. The first-order valence-corrected chi connectivity index (χ1v) is 6.00. The van der Waals surface area contributed by atoms with Crippen LogP contribution in [0.5, 0.6) is 0 Å². The highest BCUT2D eigenvalue weighted by Crippen LogP contribution is 2.09. The Balaban J connectivity index is 2.75. The predicted octanol–water partition coefficient (Wildman–Crippen LogP) is 1.67. The molecule has 0 spiro atoms. The van der Waals surface area contributed by atoms with Crippen LogP contribution >= 0.6 is 0 Å². The summed E-state index contributed by atoms with van der Waals surface area (Å²) in [6, 6.07) is 3.43. The van der Waals surface area contributed by atoms with Crippen molar-refractivity contribution in [2.24, 2.45) is 0 Å². The molecule has 0 atom stereocenters. The van der Waals surface area contributed by atoms with Gasteiger partial charge < -0.3 is 15.4 Å². The standard InChI is InChI=1S/C13H21N3O2/c1-5-14-11-8-10(6-7-15-11)12(17)16-13(2,3)9-18-4/h6-8H,5,9H2,1-4H3,(H,14,15)(H,16,17). The van der Waals surface area contributed by atoms with Crippen molar-refractivity contribution in [3.05, 3.63) is 23.9 Å². The fourth-order valence-corrected chi connectivity index (χ4v) is 1.63. The molecule has 0 aromatic carbocycles. The molecule has 5 heteroatoms. The van der Waals surface area contributed by atoms with E-state index in [-0.39, 0.29) is 5.91 Å². The molecule has 0 bridgehead atoms. The number of nitrogens with one attached hydrogen (secondary N) is 2. The van der Waals surface area contributed by atoms with Crippen molar-refractivity contribution in [3.63, 3.8) is 0 Å². The number of rotatable bonds is 6. The third-order valence-electron chi connectivity index (χ3n) is 2.34. The summed E-state index contributed by atoms with van der Waals surface area (Å²) in [5, 5.41) is 6.00. The maximum Gasteiger partial charge on any atom is 0.251 e. The van der Waals surface area contributed by atoms with Crippen molar-refractivity contribution in [3.8, 4) is 0 Å². The number of aromatic nitrogens is 1. The average molecular weight is 251 g/mol. The lowest BCUT2D eigenvalue weighted by Crippen LogP contribution is -2.46. The Kier molecular flexibility index (Phi) is 5.09. The van der Waals surface area contributed by atoms with Gasteiger partial charge >= 0.3 is 0 Å². The van der Waals surface area contributed by atoms with Gasteiger partial charge in [-0.3, -0.25) is 4.79 Å². The molecule has 5 nitrogen and oxygen atoms in total. The van der Waals surface area contributed by atoms with Crippen LogP contribution in [0, 0.1) is 0 Å². The summed E-state index contributed by atoms with van der Waals surface area (Å²) >= 11 is 0. The summed E-state index contributed by atoms with van der Waals surface area (Å²) in [4.78, 5) is 16.2. The average Bonchev–Trinajstić information content (AvgIpc) is 2.29. The topological polar surface area (TPSA) is 63.2 Å². The third-order valence-corrected chi connectivity index (χ3v) is 2.34. The summed E-state index contributed by atoms with van der Waals surface area (Å²) < 4.78 is 5.07. The second-order valence-corrected chi connectivity index (χ2v) is 4.73. The summed E-state index contributed by atoms with van der Waals surface area (Å²) in [5.74, 6) is 0.577. The molecule has 100 valence electrons. The summed E-state index contributed by atoms with van der Waals surface area (Å²) in [6.45, 7) is 7.05. The number of hydrogen-bond donors (Lipinski definition) is 2. The minimum atomic E-state index is -0.395. The first-order valence-electron chi connectivity index (χ1n) is 6.00. The van der Waals surface area contributed by atoms with Crippen molar-refractivity contribution in [1.82, 2.24) is 10.3 Å². The molecule has 18 heavy (non-hydrogen) atoms. The van der Waals surface area contributed by atoms with Crippen molar-refractivity contribution in [2.75, 3.05) is 25.6 Å². The number of carbonyl (C=O) groups is 1. The quantitative estimate of drug-likeness (QED) is 0.807. The van der Waals surface area contributed by atoms with Crippen LogP contribution in [0.4, 0.5) is 5.82 Å². The van der Waals surface area contributed by atoms with E-state index in [4.69, 9.17) is 4.74 Å². The smallest absolute Gasteiger partial charge is 0.251 e. The van der Waals surface area contributed by atoms with Gasteiger partial charge in [-0.25, -0.2) is 4.98 Å². The molecule has 1 aromatic rings. The van der Waals surface area contributed by atoms with Gasteiger partial charge in [-0.1, -0.05) is 0 Å². The Morgan fingerprint density at radius 3 is 2.83 bits per heavy atom. The molecule has 0 unspecified atom stereocenters. The highest BCUT2D eigenvalue weighted by atomic mass is 16.5. The van der Waals surface area contributed by atoms with Crippen LogP contribution in [-0.4, -0.2) is 36.7 Å². The van der Waals surface area contributed by atoms with Crippen LogP contribution in [0.15, 0.2) is 18.3 Å². The molecule has 1 rings (SSSR count). The minimum absolute atomic E-state index is 0.126. The molecular formula is C13H21N3O2. The first-order chi connectivity index (χ1) is 8.48. The van der Waals surface area contributed by atoms with Gasteiger partial charge in [0.2, 0.25) is 0 Å². The second-order valence-electron chi connectivity index (χ2n) is 4.73. The van der Waals surface area contributed by atoms with Crippen LogP contribution in [0.2, 0.25) is 0 Å². The van der Waals surface area contributed by atoms with Gasteiger partial charge in [0.05, 0.1) is 12.1 Å². The molecule has 1 aromatic heterocycles. The maximum absolute atomic E-state index is 12.1. The number of carbonyl (C=O) groups excluding carboxylic acids is 1. The molecule has 0 aliphatic carbocycles. The van der Waals surface area contributed by atoms with Crippen molar-refractivity contribution in [1.29, 1.82) is 0 Å². The van der Waals surface area contributed by atoms with Crippen molar-refractivity contribution in [2.45, 2.75) is 26.3 Å². The Labute approximate surface area is 108 Å². The third kappa shape index (κ3) is 4.33. The normalized spacial score (nSPS) is 11.1. The number of nitrogens with zero attached hydrogens (tertiary/aromatic N) is 1. The number of amides is 1. The number of hydrogen-bond acceptors (Lipinski definition) is 4. The summed E-state index contributed by atoms with van der Waals surface area (Å²) in [5.41, 5.74) is 0.193. The maximum atomic E-state index is 12.1. The largest absolute Gasteiger partial charge is 0.382 e. The molecule has 0 saturated heterocycles. The number of methoxy groups -OCH3 is 1. The van der Waals surface area contributed by atoms with E-state index in [0.29, 0.717) is 18.0 Å². The number of ether oxygens (including phenoxy) is 1. The van der Waals surface area contributed by atoms with E-state index in [1.54, 1.807) is 25.4 Å². The van der Waals surface area contributed by atoms with Gasteiger partial charge in [0.1, 0.15) is 5.82 Å². The number of anilines is 1. The lowest BCUT2D eigenvalue weighted by molar-refractivity contribution is 0.0820. The Morgan fingerprint density at radius 2 is 2.22 bits per heavy atom. The second kappa shape index (κ2) is 6.35. The Bertz CT molecular complexity index is 405. The number of pyridine rings is 1. The molecule has 0 fully saturated rings. The zero-order valence-electron chi connectivity index (χ0n) is 11.4. The van der Waals surface area contributed by atoms with E-state index in [0.717, 1.165) is 6.54 Å². The zero-order chi connectivity index (χ0) is 13.6. The Morgan fingerprint density at radius 1 is 1.50 bits per heavy atom. The molecule has 0 aliphatic rings. The van der Waals surface area contributed by atoms with Crippen LogP contribution in [0.1, 0.15) is 31.1 Å². The summed E-state index contributed by atoms with van der Waals surface area (Å²) in [6.07, 6.45) is 1.62. The lowest BCUT2D eigenvalue weighted by atomic mass is 10.1. The molecule has 2 N–H and O–H groups in total. The molecule has 1 amide bonds. The van der Waals surface area contributed by atoms with E-state index in [2.05, 4.69) is 15.6 Å². The SMILES string of the molecule is CCNc1cc(C(=O)NC(C)(C)COC)ccn1. The molecule has 0 aliphatic heterocycles. The molecule has 0 saturated carbocycles. The van der Waals surface area contributed by atoms with E-state index >= 15 is 0 Å². The first kappa shape index (κ1) is 14.4. The van der Waals surface area contributed by atoms with E-state index in [1.165, 1.54) is 0 Å². The van der Waals surface area contributed by atoms with Crippen LogP contribution in [0.3, 0.4) is 0 Å². The van der Waals surface area contributed by atoms with Crippen LogP contribution < -0.4 is 10.6 Å². The van der Waals surface area contributed by atoms with E-state index in [1.807, 2.05) is 20.8 Å². The summed E-state index contributed by atoms with van der Waals surface area (Å²) in [7, 11) is 1.61. The predicted molar refractivity (Wildman–Crippen MR) is 71.8 cm³/mol. The van der Waals surface area contributed by atoms with Crippen molar-refractivity contribution >= 4 is 11.7 Å². The molecule has 1 heterocycles.